The van der Waals surface area contributed by atoms with Gasteiger partial charge in [-0.2, -0.15) is 0 Å². The van der Waals surface area contributed by atoms with Crippen molar-refractivity contribution in [2.24, 2.45) is 22.7 Å². The monoisotopic (exact) mass is 222 g/mol. The second kappa shape index (κ2) is 4.94. The molecule has 2 atom stereocenters. The lowest BCUT2D eigenvalue weighted by molar-refractivity contribution is 0.0964. The van der Waals surface area contributed by atoms with E-state index >= 15 is 0 Å². The van der Waals surface area contributed by atoms with E-state index < -0.39 is 0 Å². The summed E-state index contributed by atoms with van der Waals surface area (Å²) in [6, 6.07) is 0. The van der Waals surface area contributed by atoms with Gasteiger partial charge in [0.1, 0.15) is 0 Å². The first-order chi connectivity index (χ1) is 7.20. The minimum Gasteiger partial charge on any atom is -0.0885 e. The van der Waals surface area contributed by atoms with Gasteiger partial charge in [0.05, 0.1) is 0 Å². The Bertz CT molecular complexity index is 234. The first-order valence-corrected chi connectivity index (χ1v) is 6.85. The van der Waals surface area contributed by atoms with Crippen LogP contribution in [0.2, 0.25) is 0 Å². The Labute approximate surface area is 103 Å². The summed E-state index contributed by atoms with van der Waals surface area (Å²) in [5.74, 6) is 1.77. The third-order valence-corrected chi connectivity index (χ3v) is 3.82. The lowest BCUT2D eigenvalue weighted by Crippen LogP contribution is -2.32. The molecule has 0 saturated heterocycles. The van der Waals surface area contributed by atoms with E-state index in [-0.39, 0.29) is 0 Å². The molecule has 0 aromatic heterocycles. The first kappa shape index (κ1) is 13.8. The summed E-state index contributed by atoms with van der Waals surface area (Å²) < 4.78 is 0. The quantitative estimate of drug-likeness (QED) is 0.546. The summed E-state index contributed by atoms with van der Waals surface area (Å²) >= 11 is 0. The largest absolute Gasteiger partial charge is 0.0885 e. The number of rotatable bonds is 2. The van der Waals surface area contributed by atoms with E-state index in [9.17, 15) is 0 Å². The van der Waals surface area contributed by atoms with Crippen LogP contribution in [0.3, 0.4) is 0 Å². The zero-order chi connectivity index (χ0) is 12.4. The van der Waals surface area contributed by atoms with Gasteiger partial charge in [-0.25, -0.2) is 0 Å². The summed E-state index contributed by atoms with van der Waals surface area (Å²) in [5.41, 5.74) is 0.905. The van der Waals surface area contributed by atoms with Crippen molar-refractivity contribution in [1.82, 2.24) is 0 Å². The maximum absolute atomic E-state index is 2.42. The Balaban J connectivity index is 2.75. The zero-order valence-corrected chi connectivity index (χ0v) is 12.1. The van der Waals surface area contributed by atoms with Gasteiger partial charge >= 0.3 is 0 Å². The van der Waals surface area contributed by atoms with Crippen molar-refractivity contribution in [2.75, 3.05) is 0 Å². The molecule has 1 aliphatic carbocycles. The first-order valence-electron chi connectivity index (χ1n) is 6.85. The molecule has 0 N–H and O–H groups in total. The molecule has 0 heteroatoms. The van der Waals surface area contributed by atoms with Gasteiger partial charge in [0.15, 0.2) is 0 Å². The van der Waals surface area contributed by atoms with E-state index in [1.165, 1.54) is 25.7 Å². The van der Waals surface area contributed by atoms with E-state index in [1.807, 2.05) is 0 Å². The summed E-state index contributed by atoms with van der Waals surface area (Å²) in [6.45, 7) is 14.4. The number of hydrogen-bond donors (Lipinski definition) is 0. The molecule has 0 saturated carbocycles. The molecule has 0 radical (unpaired) electrons. The molecule has 0 heterocycles. The highest BCUT2D eigenvalue weighted by Crippen LogP contribution is 2.44. The molecule has 0 fully saturated rings. The second-order valence-corrected chi connectivity index (χ2v) is 7.78. The van der Waals surface area contributed by atoms with E-state index in [4.69, 9.17) is 0 Å². The average molecular weight is 222 g/mol. The highest BCUT2D eigenvalue weighted by atomic mass is 14.4. The van der Waals surface area contributed by atoms with Crippen molar-refractivity contribution in [3.63, 3.8) is 0 Å². The van der Waals surface area contributed by atoms with Crippen LogP contribution in [0.1, 0.15) is 67.2 Å². The minimum atomic E-state index is 0.448. The molecular formula is C16H30. The van der Waals surface area contributed by atoms with Crippen molar-refractivity contribution in [1.29, 1.82) is 0 Å². The van der Waals surface area contributed by atoms with E-state index in [0.29, 0.717) is 10.8 Å². The molecule has 0 aromatic rings. The Kier molecular flexibility index (Phi) is 4.26. The predicted molar refractivity (Wildman–Crippen MR) is 73.5 cm³/mol. The van der Waals surface area contributed by atoms with E-state index in [2.05, 4.69) is 53.7 Å². The van der Waals surface area contributed by atoms with Crippen LogP contribution in [-0.4, -0.2) is 0 Å². The molecule has 16 heavy (non-hydrogen) atoms. The molecule has 0 aromatic carbocycles. The lowest BCUT2D eigenvalue weighted by atomic mass is 9.64. The summed E-state index contributed by atoms with van der Waals surface area (Å²) in [7, 11) is 0. The number of allylic oxidation sites excluding steroid dienone is 2. The van der Waals surface area contributed by atoms with Gasteiger partial charge in [-0.1, -0.05) is 53.7 Å². The average Bonchev–Trinajstić information content (AvgIpc) is 2.13. The molecule has 1 rings (SSSR count). The van der Waals surface area contributed by atoms with Gasteiger partial charge < -0.3 is 0 Å². The van der Waals surface area contributed by atoms with Crippen LogP contribution in [0, 0.1) is 22.7 Å². The second-order valence-electron chi connectivity index (χ2n) is 7.78. The smallest absolute Gasteiger partial charge is 0.0319 e. The topological polar surface area (TPSA) is 0 Å². The highest BCUT2D eigenvalue weighted by molar-refractivity contribution is 4.95. The third-order valence-electron chi connectivity index (χ3n) is 3.82. The highest BCUT2D eigenvalue weighted by Gasteiger charge is 2.34. The Morgan fingerprint density at radius 3 is 2.06 bits per heavy atom. The maximum Gasteiger partial charge on any atom is -0.0319 e. The molecule has 0 aliphatic heterocycles. The Morgan fingerprint density at radius 2 is 1.69 bits per heavy atom. The van der Waals surface area contributed by atoms with Crippen molar-refractivity contribution >= 4 is 0 Å². The summed E-state index contributed by atoms with van der Waals surface area (Å²) in [5, 5.41) is 0. The fourth-order valence-corrected chi connectivity index (χ4v) is 3.02. The van der Waals surface area contributed by atoms with Crippen molar-refractivity contribution in [2.45, 2.75) is 67.2 Å². The van der Waals surface area contributed by atoms with Gasteiger partial charge in [0, 0.05) is 0 Å². The molecular weight excluding hydrogens is 192 g/mol. The van der Waals surface area contributed by atoms with Gasteiger partial charge in [-0.3, -0.25) is 0 Å². The molecule has 0 amide bonds. The molecule has 0 nitrogen and oxygen atoms in total. The standard InChI is InChI=1S/C16H30/c1-15(2,3)12-14(16(4,5)6)13-10-8-7-9-11-13/h7-8,13-14H,9-12H2,1-6H3. The van der Waals surface area contributed by atoms with Crippen LogP contribution in [0.5, 0.6) is 0 Å². The molecule has 2 unspecified atom stereocenters. The van der Waals surface area contributed by atoms with Crippen LogP contribution < -0.4 is 0 Å². The van der Waals surface area contributed by atoms with Gasteiger partial charge in [-0.15, -0.1) is 0 Å². The summed E-state index contributed by atoms with van der Waals surface area (Å²) in [4.78, 5) is 0. The van der Waals surface area contributed by atoms with Crippen LogP contribution in [-0.2, 0) is 0 Å². The molecule has 1 aliphatic rings. The zero-order valence-electron chi connectivity index (χ0n) is 12.1. The SMILES string of the molecule is CC(C)(C)CC(C1CC=CCC1)C(C)(C)C. The lowest BCUT2D eigenvalue weighted by Gasteiger charge is -2.41. The van der Waals surface area contributed by atoms with Crippen molar-refractivity contribution < 1.29 is 0 Å². The van der Waals surface area contributed by atoms with E-state index in [0.717, 1.165) is 11.8 Å². The van der Waals surface area contributed by atoms with Crippen molar-refractivity contribution in [3.8, 4) is 0 Å². The Morgan fingerprint density at radius 1 is 1.06 bits per heavy atom. The fourth-order valence-electron chi connectivity index (χ4n) is 3.02. The van der Waals surface area contributed by atoms with Gasteiger partial charge in [0.25, 0.3) is 0 Å². The minimum absolute atomic E-state index is 0.448. The summed E-state index contributed by atoms with van der Waals surface area (Å²) in [6.07, 6.45) is 10.1. The van der Waals surface area contributed by atoms with Gasteiger partial charge in [-0.05, 0) is 48.3 Å². The van der Waals surface area contributed by atoms with Crippen LogP contribution in [0.25, 0.3) is 0 Å². The van der Waals surface area contributed by atoms with Crippen LogP contribution in [0.15, 0.2) is 12.2 Å². The fraction of sp³-hybridized carbons (Fsp3) is 0.875. The van der Waals surface area contributed by atoms with Crippen LogP contribution >= 0.6 is 0 Å². The molecule has 94 valence electrons. The third kappa shape index (κ3) is 4.31. The Hall–Kier alpha value is -0.260. The predicted octanol–water partition coefficient (Wildman–Crippen LogP) is 5.44. The normalized spacial score (nSPS) is 24.5. The van der Waals surface area contributed by atoms with Crippen LogP contribution in [0.4, 0.5) is 0 Å². The number of hydrogen-bond acceptors (Lipinski definition) is 0. The molecule has 0 bridgehead atoms. The van der Waals surface area contributed by atoms with Gasteiger partial charge in [0.2, 0.25) is 0 Å². The van der Waals surface area contributed by atoms with Crippen molar-refractivity contribution in [3.05, 3.63) is 12.2 Å². The van der Waals surface area contributed by atoms with E-state index in [1.54, 1.807) is 0 Å². The maximum atomic E-state index is 2.42. The molecule has 0 spiro atoms.